The molecule has 4 nitrogen and oxygen atoms in total. The van der Waals surface area contributed by atoms with Gasteiger partial charge in [-0.15, -0.1) is 0 Å². The number of carbonyl (C=O) groups is 1. The van der Waals surface area contributed by atoms with Gasteiger partial charge in [-0.05, 0) is 50.4 Å². The molecular formula is C12H13Br2N3O. The first-order chi connectivity index (χ1) is 8.58. The first-order valence-electron chi connectivity index (χ1n) is 5.61. The number of likely N-dealkylation sites (tertiary alicyclic amines) is 1. The Morgan fingerprint density at radius 1 is 1.39 bits per heavy atom. The number of urea groups is 1. The van der Waals surface area contributed by atoms with E-state index in [1.54, 1.807) is 0 Å². The van der Waals surface area contributed by atoms with Crippen LogP contribution < -0.4 is 5.32 Å². The first-order valence-corrected chi connectivity index (χ1v) is 7.20. The van der Waals surface area contributed by atoms with E-state index in [2.05, 4.69) is 42.2 Å². The third-order valence-electron chi connectivity index (χ3n) is 2.76. The summed E-state index contributed by atoms with van der Waals surface area (Å²) in [6.45, 7) is 0.963. The highest BCUT2D eigenvalue weighted by molar-refractivity contribution is 9.11. The molecule has 0 aromatic heterocycles. The highest BCUT2D eigenvalue weighted by Crippen LogP contribution is 2.30. The molecule has 0 radical (unpaired) electrons. The number of hydrogen-bond acceptors (Lipinski definition) is 1. The van der Waals surface area contributed by atoms with Crippen LogP contribution in [-0.2, 0) is 0 Å². The molecule has 2 amide bonds. The Morgan fingerprint density at radius 2 is 2.06 bits per heavy atom. The second-order valence-electron chi connectivity index (χ2n) is 4.08. The third-order valence-corrected chi connectivity index (χ3v) is 4.08. The topological polar surface area (TPSA) is 44.7 Å². The summed E-state index contributed by atoms with van der Waals surface area (Å²) in [5.74, 6) is 0.843. The molecule has 2 rings (SSSR count). The van der Waals surface area contributed by atoms with E-state index in [0.717, 1.165) is 34.2 Å². The summed E-state index contributed by atoms with van der Waals surface area (Å²) in [4.78, 5) is 17.9. The average Bonchev–Trinajstić information content (AvgIpc) is 2.70. The van der Waals surface area contributed by atoms with Crippen LogP contribution in [0.4, 0.5) is 10.5 Å². The summed E-state index contributed by atoms with van der Waals surface area (Å²) in [5.41, 5.74) is 0.701. The maximum atomic E-state index is 11.9. The van der Waals surface area contributed by atoms with E-state index in [0.29, 0.717) is 5.69 Å². The lowest BCUT2D eigenvalue weighted by atomic mass is 10.3. The predicted octanol–water partition coefficient (Wildman–Crippen LogP) is 3.87. The monoisotopic (exact) mass is 373 g/mol. The van der Waals surface area contributed by atoms with Gasteiger partial charge in [0.1, 0.15) is 5.84 Å². The van der Waals surface area contributed by atoms with Gasteiger partial charge < -0.3 is 10.2 Å². The quantitative estimate of drug-likeness (QED) is 0.810. The van der Waals surface area contributed by atoms with E-state index in [4.69, 9.17) is 0 Å². The molecule has 18 heavy (non-hydrogen) atoms. The van der Waals surface area contributed by atoms with Gasteiger partial charge in [-0.25, -0.2) is 4.79 Å². The molecule has 1 aromatic rings. The average molecular weight is 375 g/mol. The van der Waals surface area contributed by atoms with Gasteiger partial charge in [0.05, 0.1) is 5.69 Å². The Labute approximate surface area is 123 Å². The summed E-state index contributed by atoms with van der Waals surface area (Å²) in [6.07, 6.45) is 1.92. The molecule has 0 saturated carbocycles. The summed E-state index contributed by atoms with van der Waals surface area (Å²) in [5, 5.41) is 2.78. The Balaban J connectivity index is 2.12. The lowest BCUT2D eigenvalue weighted by molar-refractivity contribution is 0.259. The maximum absolute atomic E-state index is 11.9. The molecule has 1 aliphatic rings. The molecule has 1 aromatic carbocycles. The zero-order chi connectivity index (χ0) is 13.1. The highest BCUT2D eigenvalue weighted by atomic mass is 79.9. The zero-order valence-electron chi connectivity index (χ0n) is 9.91. The van der Waals surface area contributed by atoms with E-state index in [1.807, 2.05) is 30.1 Å². The van der Waals surface area contributed by atoms with E-state index in [1.165, 1.54) is 0 Å². The molecule has 0 bridgehead atoms. The minimum atomic E-state index is -0.341. The van der Waals surface area contributed by atoms with Gasteiger partial charge in [-0.3, -0.25) is 0 Å². The van der Waals surface area contributed by atoms with Crippen LogP contribution in [0.1, 0.15) is 12.8 Å². The Kier molecular flexibility index (Phi) is 4.40. The molecule has 1 heterocycles. The van der Waals surface area contributed by atoms with Gasteiger partial charge in [0.25, 0.3) is 0 Å². The van der Waals surface area contributed by atoms with Gasteiger partial charge in [-0.2, -0.15) is 4.99 Å². The number of anilines is 1. The van der Waals surface area contributed by atoms with Crippen molar-refractivity contribution in [1.82, 2.24) is 4.90 Å². The SMILES string of the molecule is CN1CCCC1=NC(=O)Nc1c(Br)cccc1Br. The standard InChI is InChI=1S/C12H13Br2N3O/c1-17-7-3-6-10(17)15-12(18)16-11-8(13)4-2-5-9(11)14/h2,4-5H,3,6-7H2,1H3,(H,16,18). The Hall–Kier alpha value is -0.880. The first kappa shape index (κ1) is 13.5. The Morgan fingerprint density at radius 3 is 2.61 bits per heavy atom. The van der Waals surface area contributed by atoms with Crippen molar-refractivity contribution in [2.24, 2.45) is 4.99 Å². The molecule has 0 spiro atoms. The number of amides is 2. The molecule has 1 saturated heterocycles. The second kappa shape index (κ2) is 5.84. The number of halogens is 2. The van der Waals surface area contributed by atoms with Crippen LogP contribution in [0, 0.1) is 0 Å². The third kappa shape index (κ3) is 3.11. The van der Waals surface area contributed by atoms with Crippen LogP contribution >= 0.6 is 31.9 Å². The van der Waals surface area contributed by atoms with Crippen molar-refractivity contribution in [3.05, 3.63) is 27.1 Å². The van der Waals surface area contributed by atoms with Crippen molar-refractivity contribution in [2.45, 2.75) is 12.8 Å². The van der Waals surface area contributed by atoms with E-state index >= 15 is 0 Å². The molecule has 0 unspecified atom stereocenters. The number of carbonyl (C=O) groups excluding carboxylic acids is 1. The fourth-order valence-corrected chi connectivity index (χ4v) is 3.00. The van der Waals surface area contributed by atoms with Gasteiger partial charge in [0.15, 0.2) is 0 Å². The molecule has 6 heteroatoms. The van der Waals surface area contributed by atoms with Crippen LogP contribution in [0.15, 0.2) is 32.1 Å². The second-order valence-corrected chi connectivity index (χ2v) is 5.79. The number of amidine groups is 1. The molecule has 1 N–H and O–H groups in total. The van der Waals surface area contributed by atoms with Crippen molar-refractivity contribution >= 4 is 49.4 Å². The summed E-state index contributed by atoms with van der Waals surface area (Å²) in [6, 6.07) is 5.29. The molecule has 0 atom stereocenters. The number of benzene rings is 1. The van der Waals surface area contributed by atoms with Crippen molar-refractivity contribution in [3.63, 3.8) is 0 Å². The number of hydrogen-bond donors (Lipinski definition) is 1. The number of para-hydroxylation sites is 1. The zero-order valence-corrected chi connectivity index (χ0v) is 13.1. The lowest BCUT2D eigenvalue weighted by Gasteiger charge is -2.11. The van der Waals surface area contributed by atoms with Crippen molar-refractivity contribution in [1.29, 1.82) is 0 Å². The smallest absolute Gasteiger partial charge is 0.347 e. The van der Waals surface area contributed by atoms with Crippen molar-refractivity contribution < 1.29 is 4.79 Å². The number of nitrogens with one attached hydrogen (secondary N) is 1. The van der Waals surface area contributed by atoms with Gasteiger partial charge in [-0.1, -0.05) is 6.07 Å². The van der Waals surface area contributed by atoms with Gasteiger partial charge in [0.2, 0.25) is 0 Å². The van der Waals surface area contributed by atoms with Crippen LogP contribution in [0.2, 0.25) is 0 Å². The number of rotatable bonds is 1. The number of nitrogens with zero attached hydrogens (tertiary/aromatic N) is 2. The fourth-order valence-electron chi connectivity index (χ4n) is 1.80. The Bertz CT molecular complexity index is 482. The minimum Gasteiger partial charge on any atom is -0.363 e. The van der Waals surface area contributed by atoms with E-state index in [-0.39, 0.29) is 6.03 Å². The number of aliphatic imine (C=N–C) groups is 1. The highest BCUT2D eigenvalue weighted by Gasteiger charge is 2.16. The summed E-state index contributed by atoms with van der Waals surface area (Å²) < 4.78 is 1.65. The van der Waals surface area contributed by atoms with Gasteiger partial charge in [0, 0.05) is 29.0 Å². The molecular weight excluding hydrogens is 362 g/mol. The molecule has 0 aliphatic carbocycles. The minimum absolute atomic E-state index is 0.341. The molecule has 1 aliphatic heterocycles. The van der Waals surface area contributed by atoms with Crippen LogP contribution in [0.3, 0.4) is 0 Å². The van der Waals surface area contributed by atoms with E-state index in [9.17, 15) is 4.79 Å². The largest absolute Gasteiger partial charge is 0.363 e. The van der Waals surface area contributed by atoms with Crippen LogP contribution in [0.5, 0.6) is 0 Å². The van der Waals surface area contributed by atoms with Crippen molar-refractivity contribution in [2.75, 3.05) is 18.9 Å². The fraction of sp³-hybridized carbons (Fsp3) is 0.333. The predicted molar refractivity (Wildman–Crippen MR) is 80.2 cm³/mol. The van der Waals surface area contributed by atoms with Crippen LogP contribution in [-0.4, -0.2) is 30.4 Å². The maximum Gasteiger partial charge on any atom is 0.347 e. The normalized spacial score (nSPS) is 17.3. The molecule has 96 valence electrons. The van der Waals surface area contributed by atoms with Gasteiger partial charge >= 0.3 is 6.03 Å². The van der Waals surface area contributed by atoms with Crippen molar-refractivity contribution in [3.8, 4) is 0 Å². The van der Waals surface area contributed by atoms with Crippen LogP contribution in [0.25, 0.3) is 0 Å². The molecule has 1 fully saturated rings. The summed E-state index contributed by atoms with van der Waals surface area (Å²) in [7, 11) is 1.95. The summed E-state index contributed by atoms with van der Waals surface area (Å²) >= 11 is 6.79. The lowest BCUT2D eigenvalue weighted by Crippen LogP contribution is -2.21. The van der Waals surface area contributed by atoms with E-state index < -0.39 is 0 Å².